The summed E-state index contributed by atoms with van der Waals surface area (Å²) in [6, 6.07) is 9.12. The Morgan fingerprint density at radius 1 is 1.26 bits per heavy atom. The van der Waals surface area contributed by atoms with Gasteiger partial charge in [0.1, 0.15) is 0 Å². The first kappa shape index (κ1) is 15.0. The fraction of sp³-hybridized carbons (Fsp3) is 0.650. The van der Waals surface area contributed by atoms with Crippen molar-refractivity contribution in [3.8, 4) is 0 Å². The summed E-state index contributed by atoms with van der Waals surface area (Å²) in [5, 5.41) is 8.09. The van der Waals surface area contributed by atoms with Gasteiger partial charge in [0.25, 0.3) is 0 Å². The molecule has 5 atom stereocenters. The fourth-order valence-electron chi connectivity index (χ4n) is 5.94. The van der Waals surface area contributed by atoms with Gasteiger partial charge in [0, 0.05) is 6.54 Å². The van der Waals surface area contributed by atoms with Crippen LogP contribution >= 0.6 is 0 Å². The largest absolute Gasteiger partial charge is 0.370 e. The van der Waals surface area contributed by atoms with Crippen LogP contribution in [-0.4, -0.2) is 17.4 Å². The van der Waals surface area contributed by atoms with Crippen LogP contribution in [0.1, 0.15) is 50.8 Å². The molecule has 124 valence electrons. The maximum absolute atomic E-state index is 8.09. The molecule has 1 unspecified atom stereocenters. The minimum absolute atomic E-state index is 0.246. The van der Waals surface area contributed by atoms with Crippen molar-refractivity contribution < 1.29 is 0 Å². The van der Waals surface area contributed by atoms with Crippen molar-refractivity contribution in [2.75, 3.05) is 6.54 Å². The number of hydrogen-bond donors (Lipinski definition) is 2. The van der Waals surface area contributed by atoms with Crippen molar-refractivity contribution in [3.05, 3.63) is 35.4 Å². The molecule has 3 nitrogen and oxygen atoms in total. The summed E-state index contributed by atoms with van der Waals surface area (Å²) < 4.78 is 0. The van der Waals surface area contributed by atoms with Gasteiger partial charge in [0.05, 0.1) is 6.04 Å². The molecule has 3 saturated carbocycles. The van der Waals surface area contributed by atoms with Crippen LogP contribution in [-0.2, 0) is 6.42 Å². The molecule has 5 rings (SSSR count). The van der Waals surface area contributed by atoms with Gasteiger partial charge in [-0.05, 0) is 59.5 Å². The lowest BCUT2D eigenvalue weighted by Crippen LogP contribution is -2.58. The molecular formula is C20H29N3. The van der Waals surface area contributed by atoms with Crippen LogP contribution in [0.5, 0.6) is 0 Å². The van der Waals surface area contributed by atoms with Crippen LogP contribution in [0.15, 0.2) is 24.3 Å². The summed E-state index contributed by atoms with van der Waals surface area (Å²) in [5.74, 6) is 3.24. The van der Waals surface area contributed by atoms with E-state index in [1.165, 1.54) is 24.0 Å². The van der Waals surface area contributed by atoms with Crippen LogP contribution < -0.4 is 5.73 Å². The van der Waals surface area contributed by atoms with Crippen molar-refractivity contribution in [3.63, 3.8) is 0 Å². The number of nitrogens with one attached hydrogen (secondary N) is 1. The summed E-state index contributed by atoms with van der Waals surface area (Å²) in [5.41, 5.74) is 9.36. The van der Waals surface area contributed by atoms with Crippen LogP contribution in [0.3, 0.4) is 0 Å². The van der Waals surface area contributed by atoms with Gasteiger partial charge in [0.2, 0.25) is 0 Å². The minimum Gasteiger partial charge on any atom is -0.370 e. The van der Waals surface area contributed by atoms with Gasteiger partial charge in [-0.15, -0.1) is 0 Å². The molecule has 0 radical (unpaired) electrons. The summed E-state index contributed by atoms with van der Waals surface area (Å²) >= 11 is 0. The van der Waals surface area contributed by atoms with Crippen molar-refractivity contribution in [2.45, 2.75) is 46.1 Å². The van der Waals surface area contributed by atoms with E-state index in [1.54, 1.807) is 0 Å². The molecular weight excluding hydrogens is 282 g/mol. The molecule has 1 heterocycles. The summed E-state index contributed by atoms with van der Waals surface area (Å²) in [7, 11) is 0. The normalized spacial score (nSPS) is 37.7. The number of nitrogens with two attached hydrogens (primary N) is 1. The maximum Gasteiger partial charge on any atom is 0.188 e. The number of rotatable bonds is 1. The van der Waals surface area contributed by atoms with E-state index in [0.29, 0.717) is 23.3 Å². The topological polar surface area (TPSA) is 53.1 Å². The molecule has 0 amide bonds. The van der Waals surface area contributed by atoms with Crippen LogP contribution in [0.4, 0.5) is 0 Å². The van der Waals surface area contributed by atoms with Crippen LogP contribution in [0.2, 0.25) is 0 Å². The zero-order valence-corrected chi connectivity index (χ0v) is 14.5. The molecule has 1 aromatic rings. The molecule has 0 saturated heterocycles. The molecule has 3 heteroatoms. The van der Waals surface area contributed by atoms with E-state index >= 15 is 0 Å². The monoisotopic (exact) mass is 311 g/mol. The van der Waals surface area contributed by atoms with Gasteiger partial charge in [-0.1, -0.05) is 45.0 Å². The van der Waals surface area contributed by atoms with Crippen molar-refractivity contribution >= 4 is 5.96 Å². The molecule has 0 spiro atoms. The van der Waals surface area contributed by atoms with Gasteiger partial charge in [-0.3, -0.25) is 5.41 Å². The second kappa shape index (κ2) is 4.99. The highest BCUT2D eigenvalue weighted by molar-refractivity contribution is 5.75. The number of benzene rings is 1. The first-order chi connectivity index (χ1) is 10.9. The Morgan fingerprint density at radius 3 is 2.65 bits per heavy atom. The average Bonchev–Trinajstić information content (AvgIpc) is 2.53. The molecule has 3 fully saturated rings. The van der Waals surface area contributed by atoms with Gasteiger partial charge < -0.3 is 10.6 Å². The Kier molecular flexibility index (Phi) is 3.26. The van der Waals surface area contributed by atoms with Crippen molar-refractivity contribution in [1.29, 1.82) is 5.41 Å². The molecule has 2 bridgehead atoms. The van der Waals surface area contributed by atoms with E-state index < -0.39 is 0 Å². The SMILES string of the molecule is C[C@@H]1[C@@H](C2c3ccccc3CCN2C(=N)N)C[C@@H]2C[C@H]1C2(C)C. The number of fused-ring (bicyclic) bond motifs is 3. The first-order valence-corrected chi connectivity index (χ1v) is 9.09. The minimum atomic E-state index is 0.246. The molecule has 3 aliphatic carbocycles. The van der Waals surface area contributed by atoms with E-state index in [4.69, 9.17) is 11.1 Å². The number of nitrogens with zero attached hydrogens (tertiary/aromatic N) is 1. The molecule has 1 aliphatic heterocycles. The average molecular weight is 311 g/mol. The summed E-state index contributed by atoms with van der Waals surface area (Å²) in [6.45, 7) is 8.24. The second-order valence-electron chi connectivity index (χ2n) is 8.59. The standard InChI is InChI=1S/C20H29N3/c1-12-16(10-14-11-17(12)20(14,2)3)18-15-7-5-4-6-13(15)8-9-23(18)19(21)22/h4-7,12,14,16-18H,8-11H2,1-3H3,(H3,21,22)/t12-,14-,16+,17-,18?/m1/s1. The van der Waals surface area contributed by atoms with Gasteiger partial charge >= 0.3 is 0 Å². The van der Waals surface area contributed by atoms with E-state index in [9.17, 15) is 0 Å². The maximum atomic E-state index is 8.09. The van der Waals surface area contributed by atoms with Crippen molar-refractivity contribution in [1.82, 2.24) is 4.90 Å². The highest BCUT2D eigenvalue weighted by atomic mass is 15.3. The van der Waals surface area contributed by atoms with Gasteiger partial charge in [-0.2, -0.15) is 0 Å². The Balaban J connectivity index is 1.72. The summed E-state index contributed by atoms with van der Waals surface area (Å²) in [6.07, 6.45) is 3.69. The molecule has 1 aromatic carbocycles. The van der Waals surface area contributed by atoms with Gasteiger partial charge in [-0.25, -0.2) is 0 Å². The lowest BCUT2D eigenvalue weighted by atomic mass is 9.42. The lowest BCUT2D eigenvalue weighted by molar-refractivity contribution is -0.142. The first-order valence-electron chi connectivity index (χ1n) is 9.09. The highest BCUT2D eigenvalue weighted by Crippen LogP contribution is 2.65. The highest BCUT2D eigenvalue weighted by Gasteiger charge is 2.58. The van der Waals surface area contributed by atoms with E-state index in [-0.39, 0.29) is 5.96 Å². The Morgan fingerprint density at radius 2 is 2.00 bits per heavy atom. The molecule has 0 aromatic heterocycles. The lowest BCUT2D eigenvalue weighted by Gasteiger charge is -2.64. The third-order valence-electron chi connectivity index (χ3n) is 7.46. The molecule has 4 aliphatic rings. The zero-order valence-electron chi connectivity index (χ0n) is 14.5. The van der Waals surface area contributed by atoms with Gasteiger partial charge in [0.15, 0.2) is 5.96 Å². The summed E-state index contributed by atoms with van der Waals surface area (Å²) in [4.78, 5) is 2.17. The smallest absolute Gasteiger partial charge is 0.188 e. The Labute approximate surface area is 139 Å². The van der Waals surface area contributed by atoms with E-state index in [2.05, 4.69) is 49.9 Å². The molecule has 23 heavy (non-hydrogen) atoms. The zero-order chi connectivity index (χ0) is 16.4. The Bertz CT molecular complexity index is 636. The second-order valence-corrected chi connectivity index (χ2v) is 8.59. The van der Waals surface area contributed by atoms with Crippen molar-refractivity contribution in [2.24, 2.45) is 34.8 Å². The quantitative estimate of drug-likeness (QED) is 0.612. The van der Waals surface area contributed by atoms with E-state index in [0.717, 1.165) is 24.8 Å². The number of guanidine groups is 1. The predicted molar refractivity (Wildman–Crippen MR) is 94.2 cm³/mol. The third kappa shape index (κ3) is 2.05. The van der Waals surface area contributed by atoms with E-state index in [1.807, 2.05) is 0 Å². The van der Waals surface area contributed by atoms with Crippen LogP contribution in [0, 0.1) is 34.5 Å². The Hall–Kier alpha value is -1.51. The molecule has 3 N–H and O–H groups in total. The number of hydrogen-bond acceptors (Lipinski definition) is 1. The van der Waals surface area contributed by atoms with Crippen LogP contribution in [0.25, 0.3) is 0 Å². The fourth-order valence-corrected chi connectivity index (χ4v) is 5.94. The third-order valence-corrected chi connectivity index (χ3v) is 7.46. The predicted octanol–water partition coefficient (Wildman–Crippen LogP) is 3.80.